The van der Waals surface area contributed by atoms with Crippen LogP contribution in [0.15, 0.2) is 29.6 Å². The van der Waals surface area contributed by atoms with Gasteiger partial charge in [-0.1, -0.05) is 17.8 Å². The maximum Gasteiger partial charge on any atom is 0.275 e. The normalized spacial score (nSPS) is 18.3. The highest BCUT2D eigenvalue weighted by Gasteiger charge is 2.31. The van der Waals surface area contributed by atoms with E-state index >= 15 is 0 Å². The van der Waals surface area contributed by atoms with Crippen LogP contribution in [0.5, 0.6) is 0 Å². The smallest absolute Gasteiger partial charge is 0.275 e. The van der Waals surface area contributed by atoms with E-state index in [1.165, 1.54) is 11.8 Å². The van der Waals surface area contributed by atoms with E-state index in [1.807, 2.05) is 35.1 Å². The quantitative estimate of drug-likeness (QED) is 0.868. The zero-order valence-electron chi connectivity index (χ0n) is 13.1. The minimum absolute atomic E-state index is 0.111. The van der Waals surface area contributed by atoms with Crippen molar-refractivity contribution in [2.24, 2.45) is 5.73 Å². The molecule has 23 heavy (non-hydrogen) atoms. The molecule has 1 atom stereocenters. The second kappa shape index (κ2) is 6.62. The van der Waals surface area contributed by atoms with Crippen molar-refractivity contribution in [3.63, 3.8) is 0 Å². The third kappa shape index (κ3) is 3.06. The van der Waals surface area contributed by atoms with E-state index in [-0.39, 0.29) is 24.3 Å². The highest BCUT2D eigenvalue weighted by molar-refractivity contribution is 7.98. The van der Waals surface area contributed by atoms with Gasteiger partial charge in [0, 0.05) is 25.2 Å². The van der Waals surface area contributed by atoms with Crippen LogP contribution in [0.3, 0.4) is 0 Å². The Hall–Kier alpha value is -2.02. The number of imidazole rings is 1. The van der Waals surface area contributed by atoms with Gasteiger partial charge in [0.2, 0.25) is 5.91 Å². The summed E-state index contributed by atoms with van der Waals surface area (Å²) in [6.45, 7) is 0.650. The van der Waals surface area contributed by atoms with Gasteiger partial charge in [-0.2, -0.15) is 0 Å². The van der Waals surface area contributed by atoms with Gasteiger partial charge >= 0.3 is 0 Å². The average Bonchev–Trinajstić information content (AvgIpc) is 2.93. The second-order valence-corrected chi connectivity index (χ2v) is 6.49. The number of amides is 2. The van der Waals surface area contributed by atoms with Gasteiger partial charge < -0.3 is 10.6 Å². The summed E-state index contributed by atoms with van der Waals surface area (Å²) in [6.07, 6.45) is 6.83. The first-order chi connectivity index (χ1) is 11.1. The molecular weight excluding hydrogens is 312 g/mol. The van der Waals surface area contributed by atoms with Crippen molar-refractivity contribution in [3.05, 3.63) is 30.1 Å². The van der Waals surface area contributed by atoms with E-state index in [1.54, 1.807) is 4.90 Å². The molecule has 7 heteroatoms. The van der Waals surface area contributed by atoms with Crippen molar-refractivity contribution in [1.29, 1.82) is 0 Å². The number of thioether (sulfide) groups is 1. The van der Waals surface area contributed by atoms with Gasteiger partial charge in [0.25, 0.3) is 5.91 Å². The monoisotopic (exact) mass is 332 g/mol. The van der Waals surface area contributed by atoms with Crippen molar-refractivity contribution in [2.75, 3.05) is 12.8 Å². The molecule has 0 radical (unpaired) electrons. The summed E-state index contributed by atoms with van der Waals surface area (Å²) >= 11 is 1.50. The van der Waals surface area contributed by atoms with Gasteiger partial charge in [-0.25, -0.2) is 4.98 Å². The van der Waals surface area contributed by atoms with Crippen LogP contribution in [0.4, 0.5) is 0 Å². The predicted octanol–water partition coefficient (Wildman–Crippen LogP) is 1.93. The summed E-state index contributed by atoms with van der Waals surface area (Å²) in [5.41, 5.74) is 6.59. The van der Waals surface area contributed by atoms with Crippen LogP contribution in [-0.4, -0.2) is 44.9 Å². The predicted molar refractivity (Wildman–Crippen MR) is 89.5 cm³/mol. The average molecular weight is 332 g/mol. The summed E-state index contributed by atoms with van der Waals surface area (Å²) in [6, 6.07) is 5.59. The molecule has 2 aromatic rings. The molecular formula is C16H20N4O2S. The van der Waals surface area contributed by atoms with Gasteiger partial charge in [-0.15, -0.1) is 0 Å². The van der Waals surface area contributed by atoms with E-state index in [2.05, 4.69) is 4.98 Å². The van der Waals surface area contributed by atoms with Gasteiger partial charge in [-0.05, 0) is 37.7 Å². The molecule has 2 amide bonds. The summed E-state index contributed by atoms with van der Waals surface area (Å²) in [4.78, 5) is 30.6. The number of hydrogen-bond acceptors (Lipinski definition) is 4. The highest BCUT2D eigenvalue weighted by atomic mass is 32.2. The lowest BCUT2D eigenvalue weighted by Crippen LogP contribution is -2.45. The maximum absolute atomic E-state index is 13.0. The van der Waals surface area contributed by atoms with Crippen LogP contribution >= 0.6 is 11.8 Å². The molecule has 122 valence electrons. The van der Waals surface area contributed by atoms with E-state index in [4.69, 9.17) is 5.73 Å². The number of rotatable bonds is 4. The van der Waals surface area contributed by atoms with Crippen LogP contribution < -0.4 is 5.73 Å². The minimum atomic E-state index is -0.366. The zero-order valence-corrected chi connectivity index (χ0v) is 13.9. The summed E-state index contributed by atoms with van der Waals surface area (Å²) in [7, 11) is 0. The van der Waals surface area contributed by atoms with Crippen molar-refractivity contribution in [2.45, 2.75) is 36.9 Å². The van der Waals surface area contributed by atoms with Crippen molar-refractivity contribution >= 4 is 29.1 Å². The number of hydrogen-bond donors (Lipinski definition) is 1. The lowest BCUT2D eigenvalue weighted by Gasteiger charge is -2.34. The van der Waals surface area contributed by atoms with Crippen molar-refractivity contribution in [1.82, 2.24) is 14.3 Å². The number of primary amides is 1. The molecule has 0 spiro atoms. The maximum atomic E-state index is 13.0. The Morgan fingerprint density at radius 3 is 2.96 bits per heavy atom. The molecule has 1 fully saturated rings. The minimum Gasteiger partial charge on any atom is -0.370 e. The Morgan fingerprint density at radius 2 is 2.22 bits per heavy atom. The summed E-state index contributed by atoms with van der Waals surface area (Å²) < 4.78 is 1.92. The molecule has 0 bridgehead atoms. The van der Waals surface area contributed by atoms with Crippen LogP contribution in [0.1, 0.15) is 36.2 Å². The van der Waals surface area contributed by atoms with E-state index < -0.39 is 0 Å². The van der Waals surface area contributed by atoms with Crippen molar-refractivity contribution in [3.8, 4) is 0 Å². The third-order valence-electron chi connectivity index (χ3n) is 4.23. The molecule has 0 saturated carbocycles. The molecule has 6 nitrogen and oxygen atoms in total. The Morgan fingerprint density at radius 1 is 1.39 bits per heavy atom. The molecule has 0 aromatic carbocycles. The third-order valence-corrected chi connectivity index (χ3v) is 4.88. The first-order valence-corrected chi connectivity index (χ1v) is 8.94. The fourth-order valence-electron chi connectivity index (χ4n) is 3.16. The number of carbonyl (C=O) groups is 2. The number of nitrogens with two attached hydrogens (primary N) is 1. The standard InChI is InChI=1S/C16H20N4O2S/c1-23-16-18-14(12-7-3-5-9-20(12)16)15(22)19-8-4-2-6-11(19)10-13(17)21/h3,5,7,9,11H,2,4,6,8,10H2,1H3,(H2,17,21). The Balaban J connectivity index is 1.97. The first-order valence-electron chi connectivity index (χ1n) is 7.72. The second-order valence-electron chi connectivity index (χ2n) is 5.72. The fraction of sp³-hybridized carbons (Fsp3) is 0.438. The van der Waals surface area contributed by atoms with E-state index in [0.29, 0.717) is 12.2 Å². The SMILES string of the molecule is CSc1nc(C(=O)N2CCCCC2CC(N)=O)c2ccccn12. The molecule has 1 aliphatic rings. The van der Waals surface area contributed by atoms with Crippen LogP contribution in [0.25, 0.3) is 5.52 Å². The largest absolute Gasteiger partial charge is 0.370 e. The van der Waals surface area contributed by atoms with Gasteiger partial charge in [-0.3, -0.25) is 14.0 Å². The Labute approximate surface area is 139 Å². The summed E-state index contributed by atoms with van der Waals surface area (Å²) in [5.74, 6) is -0.478. The molecule has 1 saturated heterocycles. The molecule has 1 aliphatic heterocycles. The number of likely N-dealkylation sites (tertiary alicyclic amines) is 1. The highest BCUT2D eigenvalue weighted by Crippen LogP contribution is 2.25. The number of nitrogens with zero attached hydrogens (tertiary/aromatic N) is 3. The van der Waals surface area contributed by atoms with Gasteiger partial charge in [0.1, 0.15) is 0 Å². The zero-order chi connectivity index (χ0) is 16.4. The fourth-order valence-corrected chi connectivity index (χ4v) is 3.70. The van der Waals surface area contributed by atoms with Crippen LogP contribution in [0, 0.1) is 0 Å². The lowest BCUT2D eigenvalue weighted by molar-refractivity contribution is -0.119. The van der Waals surface area contributed by atoms with E-state index in [0.717, 1.165) is 29.9 Å². The molecule has 3 rings (SSSR count). The number of carbonyl (C=O) groups excluding carboxylic acids is 2. The van der Waals surface area contributed by atoms with Crippen molar-refractivity contribution < 1.29 is 9.59 Å². The molecule has 2 aromatic heterocycles. The van der Waals surface area contributed by atoms with Gasteiger partial charge in [0.15, 0.2) is 10.9 Å². The number of piperidine rings is 1. The van der Waals surface area contributed by atoms with E-state index in [9.17, 15) is 9.59 Å². The molecule has 3 heterocycles. The lowest BCUT2D eigenvalue weighted by atomic mass is 9.98. The van der Waals surface area contributed by atoms with Crippen LogP contribution in [-0.2, 0) is 4.79 Å². The number of fused-ring (bicyclic) bond motifs is 1. The molecule has 2 N–H and O–H groups in total. The number of aromatic nitrogens is 2. The Bertz CT molecular complexity index is 743. The number of pyridine rings is 1. The molecule has 1 unspecified atom stereocenters. The van der Waals surface area contributed by atoms with Gasteiger partial charge in [0.05, 0.1) is 5.52 Å². The molecule has 0 aliphatic carbocycles. The first kappa shape index (κ1) is 15.9. The van der Waals surface area contributed by atoms with Crippen LogP contribution in [0.2, 0.25) is 0 Å². The summed E-state index contributed by atoms with van der Waals surface area (Å²) in [5, 5.41) is 0.785. The topological polar surface area (TPSA) is 80.7 Å². The Kier molecular flexibility index (Phi) is 4.56.